The summed E-state index contributed by atoms with van der Waals surface area (Å²) in [5.41, 5.74) is -0.105. The smallest absolute Gasteiger partial charge is 0.236 e. The summed E-state index contributed by atoms with van der Waals surface area (Å²) in [5, 5.41) is 6.19. The molecule has 0 aromatic carbocycles. The number of hydrogen-bond donors (Lipinski definition) is 2. The molecule has 134 valence electrons. The minimum atomic E-state index is -0.238. The van der Waals surface area contributed by atoms with Gasteiger partial charge in [0.05, 0.1) is 16.0 Å². The first-order chi connectivity index (χ1) is 10.7. The molecule has 1 saturated carbocycles. The van der Waals surface area contributed by atoms with Gasteiger partial charge in [-0.1, -0.05) is 27.7 Å². The van der Waals surface area contributed by atoms with Crippen molar-refractivity contribution in [2.75, 3.05) is 19.1 Å². The van der Waals surface area contributed by atoms with E-state index in [2.05, 4.69) is 31.4 Å². The molecule has 6 heteroatoms. The van der Waals surface area contributed by atoms with Crippen LogP contribution in [-0.2, 0) is 9.59 Å². The predicted molar refractivity (Wildman–Crippen MR) is 102 cm³/mol. The minimum absolute atomic E-state index is 0.0280. The molecular formula is C17H32N2O2S2. The monoisotopic (exact) mass is 360 g/mol. The van der Waals surface area contributed by atoms with Crippen LogP contribution in [0.4, 0.5) is 0 Å². The van der Waals surface area contributed by atoms with Gasteiger partial charge < -0.3 is 10.6 Å². The lowest BCUT2D eigenvalue weighted by Gasteiger charge is -2.40. The van der Waals surface area contributed by atoms with E-state index in [1.807, 2.05) is 19.4 Å². The number of rotatable bonds is 8. The maximum absolute atomic E-state index is 12.5. The number of nitrogens with one attached hydrogen (secondary N) is 2. The molecular weight excluding hydrogens is 328 g/mol. The molecule has 2 unspecified atom stereocenters. The molecule has 1 rings (SSSR count). The molecule has 2 N–H and O–H groups in total. The van der Waals surface area contributed by atoms with Gasteiger partial charge in [-0.25, -0.2) is 0 Å². The van der Waals surface area contributed by atoms with E-state index in [0.717, 1.165) is 25.7 Å². The molecule has 23 heavy (non-hydrogen) atoms. The fraction of sp³-hybridized carbons (Fsp3) is 0.882. The van der Waals surface area contributed by atoms with Crippen molar-refractivity contribution in [1.29, 1.82) is 0 Å². The van der Waals surface area contributed by atoms with Gasteiger partial charge in [-0.15, -0.1) is 11.8 Å². The first kappa shape index (κ1) is 20.7. The quantitative estimate of drug-likeness (QED) is 0.698. The Kier molecular flexibility index (Phi) is 7.78. The lowest BCUT2D eigenvalue weighted by atomic mass is 9.82. The number of thioether (sulfide) groups is 2. The zero-order chi connectivity index (χ0) is 17.7. The van der Waals surface area contributed by atoms with E-state index in [0.29, 0.717) is 6.54 Å². The fourth-order valence-electron chi connectivity index (χ4n) is 2.68. The standard InChI is InChI=1S/C17H32N2O2S2/c1-7-12(22-5)14(20)19-13(16(2,3)4)11-18-15(21)17(23-6)9-8-10-17/h12-13H,7-11H2,1-6H3,(H,18,21)(H,19,20). The molecule has 0 bridgehead atoms. The average molecular weight is 361 g/mol. The number of carbonyl (C=O) groups excluding carboxylic acids is 2. The van der Waals surface area contributed by atoms with Crippen molar-refractivity contribution in [2.45, 2.75) is 69.4 Å². The van der Waals surface area contributed by atoms with Gasteiger partial charge in [-0.05, 0) is 43.6 Å². The highest BCUT2D eigenvalue weighted by Crippen LogP contribution is 2.42. The van der Waals surface area contributed by atoms with E-state index < -0.39 is 0 Å². The van der Waals surface area contributed by atoms with E-state index in [4.69, 9.17) is 0 Å². The number of hydrogen-bond acceptors (Lipinski definition) is 4. The third-order valence-electron chi connectivity index (χ3n) is 4.74. The second-order valence-corrected chi connectivity index (χ2v) is 9.55. The van der Waals surface area contributed by atoms with Gasteiger partial charge in [-0.2, -0.15) is 11.8 Å². The summed E-state index contributed by atoms with van der Waals surface area (Å²) in [6.45, 7) is 8.79. The van der Waals surface area contributed by atoms with Crippen LogP contribution >= 0.6 is 23.5 Å². The Morgan fingerprint density at radius 2 is 1.83 bits per heavy atom. The Hall–Kier alpha value is -0.360. The number of carbonyl (C=O) groups is 2. The lowest BCUT2D eigenvalue weighted by Crippen LogP contribution is -2.56. The van der Waals surface area contributed by atoms with Crippen LogP contribution < -0.4 is 10.6 Å². The summed E-state index contributed by atoms with van der Waals surface area (Å²) in [4.78, 5) is 24.9. The summed E-state index contributed by atoms with van der Waals surface area (Å²) in [7, 11) is 0. The van der Waals surface area contributed by atoms with Crippen molar-refractivity contribution >= 4 is 35.3 Å². The first-order valence-electron chi connectivity index (χ1n) is 8.36. The summed E-state index contributed by atoms with van der Waals surface area (Å²) in [6, 6.07) is -0.0702. The second kappa shape index (κ2) is 8.65. The van der Waals surface area contributed by atoms with Crippen molar-refractivity contribution in [3.8, 4) is 0 Å². The van der Waals surface area contributed by atoms with Gasteiger partial charge in [0.1, 0.15) is 0 Å². The van der Waals surface area contributed by atoms with Crippen molar-refractivity contribution in [2.24, 2.45) is 5.41 Å². The third kappa shape index (κ3) is 5.31. The molecule has 1 fully saturated rings. The van der Waals surface area contributed by atoms with E-state index >= 15 is 0 Å². The molecule has 1 aliphatic carbocycles. The van der Waals surface area contributed by atoms with Crippen LogP contribution in [0.3, 0.4) is 0 Å². The predicted octanol–water partition coefficient (Wildman–Crippen LogP) is 3.06. The molecule has 0 aliphatic heterocycles. The van der Waals surface area contributed by atoms with Gasteiger partial charge in [0.2, 0.25) is 11.8 Å². The SMILES string of the molecule is CCC(SC)C(=O)NC(CNC(=O)C1(SC)CCC1)C(C)(C)C. The summed E-state index contributed by atoms with van der Waals surface area (Å²) >= 11 is 3.22. The zero-order valence-electron chi connectivity index (χ0n) is 15.3. The van der Waals surface area contributed by atoms with E-state index in [1.165, 1.54) is 0 Å². The molecule has 0 saturated heterocycles. The molecule has 0 radical (unpaired) electrons. The summed E-state index contributed by atoms with van der Waals surface area (Å²) in [6.07, 6.45) is 7.81. The topological polar surface area (TPSA) is 58.2 Å². The normalized spacial score (nSPS) is 19.4. The molecule has 0 spiro atoms. The fourth-order valence-corrected chi connectivity index (χ4v) is 4.25. The molecule has 0 aromatic heterocycles. The highest BCUT2D eigenvalue weighted by atomic mass is 32.2. The molecule has 4 nitrogen and oxygen atoms in total. The Bertz CT molecular complexity index is 408. The second-order valence-electron chi connectivity index (χ2n) is 7.32. The van der Waals surface area contributed by atoms with Crippen LogP contribution in [-0.4, -0.2) is 46.9 Å². The van der Waals surface area contributed by atoms with Gasteiger partial charge in [0.15, 0.2) is 0 Å². The van der Waals surface area contributed by atoms with Crippen LogP contribution in [0, 0.1) is 5.41 Å². The zero-order valence-corrected chi connectivity index (χ0v) is 17.0. The maximum Gasteiger partial charge on any atom is 0.236 e. The van der Waals surface area contributed by atoms with Crippen molar-refractivity contribution in [3.05, 3.63) is 0 Å². The van der Waals surface area contributed by atoms with Gasteiger partial charge in [0, 0.05) is 6.54 Å². The van der Waals surface area contributed by atoms with Gasteiger partial charge in [0.25, 0.3) is 0 Å². The first-order valence-corrected chi connectivity index (χ1v) is 10.9. The molecule has 2 amide bonds. The molecule has 0 heterocycles. The number of amides is 2. The van der Waals surface area contributed by atoms with E-state index in [9.17, 15) is 9.59 Å². The average Bonchev–Trinajstić information content (AvgIpc) is 2.42. The largest absolute Gasteiger partial charge is 0.353 e. The van der Waals surface area contributed by atoms with E-state index in [-0.39, 0.29) is 33.3 Å². The van der Waals surface area contributed by atoms with Crippen LogP contribution in [0.25, 0.3) is 0 Å². The van der Waals surface area contributed by atoms with Crippen LogP contribution in [0.1, 0.15) is 53.4 Å². The summed E-state index contributed by atoms with van der Waals surface area (Å²) < 4.78 is -0.238. The highest BCUT2D eigenvalue weighted by molar-refractivity contribution is 8.00. The highest BCUT2D eigenvalue weighted by Gasteiger charge is 2.43. The van der Waals surface area contributed by atoms with Crippen molar-refractivity contribution < 1.29 is 9.59 Å². The Morgan fingerprint density at radius 3 is 2.17 bits per heavy atom. The molecule has 1 aliphatic rings. The Labute approximate surface area is 149 Å². The van der Waals surface area contributed by atoms with Gasteiger partial charge in [-0.3, -0.25) is 9.59 Å². The molecule has 0 aromatic rings. The van der Waals surface area contributed by atoms with E-state index in [1.54, 1.807) is 23.5 Å². The third-order valence-corrected chi connectivity index (χ3v) is 7.23. The van der Waals surface area contributed by atoms with Crippen molar-refractivity contribution in [1.82, 2.24) is 10.6 Å². The van der Waals surface area contributed by atoms with Crippen LogP contribution in [0.15, 0.2) is 0 Å². The van der Waals surface area contributed by atoms with Gasteiger partial charge >= 0.3 is 0 Å². The summed E-state index contributed by atoms with van der Waals surface area (Å²) in [5.74, 6) is 0.189. The van der Waals surface area contributed by atoms with Crippen LogP contribution in [0.2, 0.25) is 0 Å². The van der Waals surface area contributed by atoms with Crippen LogP contribution in [0.5, 0.6) is 0 Å². The minimum Gasteiger partial charge on any atom is -0.353 e. The Balaban J connectivity index is 2.65. The van der Waals surface area contributed by atoms with Crippen molar-refractivity contribution in [3.63, 3.8) is 0 Å². The molecule has 2 atom stereocenters. The maximum atomic E-state index is 12.5. The Morgan fingerprint density at radius 1 is 1.22 bits per heavy atom. The lowest BCUT2D eigenvalue weighted by molar-refractivity contribution is -0.126.